The highest BCUT2D eigenvalue weighted by molar-refractivity contribution is 9.10. The molecule has 106 valence electrons. The summed E-state index contributed by atoms with van der Waals surface area (Å²) in [6.45, 7) is -0.142. The van der Waals surface area contributed by atoms with E-state index in [0.717, 1.165) is 0 Å². The number of carboxylic acid groups (broad SMARTS) is 1. The highest BCUT2D eigenvalue weighted by atomic mass is 79.9. The number of benzene rings is 1. The van der Waals surface area contributed by atoms with E-state index in [1.807, 2.05) is 6.07 Å². The first-order valence-corrected chi connectivity index (χ1v) is 6.26. The first-order valence-electron chi connectivity index (χ1n) is 5.46. The topological polar surface area (TPSA) is 111 Å². The van der Waals surface area contributed by atoms with Crippen LogP contribution < -0.4 is 10.6 Å². The molecule has 0 heterocycles. The Balaban J connectivity index is 2.71. The van der Waals surface area contributed by atoms with Gasteiger partial charge in [0, 0.05) is 11.6 Å². The number of nitrogens with zero attached hydrogens (tertiary/aromatic N) is 1. The van der Waals surface area contributed by atoms with Crippen molar-refractivity contribution in [1.29, 1.82) is 5.26 Å². The van der Waals surface area contributed by atoms with Crippen molar-refractivity contribution in [3.63, 3.8) is 0 Å². The molecular formula is C12H12BrN3O4. The smallest absolute Gasteiger partial charge is 0.328 e. The predicted molar refractivity (Wildman–Crippen MR) is 74.3 cm³/mol. The minimum atomic E-state index is -1.19. The first-order chi connectivity index (χ1) is 9.47. The number of aliphatic carboxylic acids is 1. The summed E-state index contributed by atoms with van der Waals surface area (Å²) in [7, 11) is 1.34. The maximum Gasteiger partial charge on any atom is 0.328 e. The minimum Gasteiger partial charge on any atom is -0.480 e. The molecule has 1 rings (SSSR count). The summed E-state index contributed by atoms with van der Waals surface area (Å²) in [5, 5.41) is 22.3. The van der Waals surface area contributed by atoms with Crippen LogP contribution in [0.3, 0.4) is 0 Å². The van der Waals surface area contributed by atoms with Crippen LogP contribution in [-0.2, 0) is 9.53 Å². The molecule has 0 aromatic heterocycles. The number of methoxy groups -OCH3 is 1. The van der Waals surface area contributed by atoms with E-state index >= 15 is 0 Å². The molecule has 1 aromatic carbocycles. The zero-order valence-electron chi connectivity index (χ0n) is 10.5. The number of nitriles is 1. The van der Waals surface area contributed by atoms with Gasteiger partial charge in [0.2, 0.25) is 0 Å². The van der Waals surface area contributed by atoms with Gasteiger partial charge in [0.25, 0.3) is 0 Å². The van der Waals surface area contributed by atoms with E-state index in [1.165, 1.54) is 19.2 Å². The van der Waals surface area contributed by atoms with Gasteiger partial charge in [0.15, 0.2) is 6.04 Å². The van der Waals surface area contributed by atoms with Crippen LogP contribution in [0.25, 0.3) is 0 Å². The Kier molecular flexibility index (Phi) is 5.96. The molecule has 3 N–H and O–H groups in total. The predicted octanol–water partition coefficient (Wildman–Crippen LogP) is 1.54. The van der Waals surface area contributed by atoms with Gasteiger partial charge in [-0.15, -0.1) is 0 Å². The standard InChI is InChI=1S/C12H12BrN3O4/c1-20-6-10(11(17)18)16-12(19)15-9-3-2-7(5-14)4-8(9)13/h2-4,10H,6H2,1H3,(H,17,18)(H2,15,16,19). The lowest BCUT2D eigenvalue weighted by atomic mass is 10.2. The maximum absolute atomic E-state index is 11.7. The van der Waals surface area contributed by atoms with E-state index in [-0.39, 0.29) is 6.61 Å². The van der Waals surface area contributed by atoms with Crippen LogP contribution >= 0.6 is 15.9 Å². The van der Waals surface area contributed by atoms with E-state index in [1.54, 1.807) is 6.07 Å². The molecule has 0 spiro atoms. The van der Waals surface area contributed by atoms with Crippen LogP contribution in [0.5, 0.6) is 0 Å². The van der Waals surface area contributed by atoms with Crippen LogP contribution in [0.1, 0.15) is 5.56 Å². The second-order valence-electron chi connectivity index (χ2n) is 3.75. The Labute approximate surface area is 123 Å². The normalized spacial score (nSPS) is 11.2. The average molecular weight is 342 g/mol. The molecule has 0 aliphatic rings. The lowest BCUT2D eigenvalue weighted by Gasteiger charge is -2.14. The Morgan fingerprint density at radius 2 is 2.25 bits per heavy atom. The van der Waals surface area contributed by atoms with Gasteiger partial charge < -0.3 is 20.5 Å². The number of hydrogen-bond acceptors (Lipinski definition) is 4. The monoisotopic (exact) mass is 341 g/mol. The van der Waals surface area contributed by atoms with Crippen molar-refractivity contribution in [2.75, 3.05) is 19.0 Å². The van der Waals surface area contributed by atoms with Gasteiger partial charge in [0.05, 0.1) is 23.9 Å². The van der Waals surface area contributed by atoms with Gasteiger partial charge in [-0.3, -0.25) is 0 Å². The summed E-state index contributed by atoms with van der Waals surface area (Å²) in [6.07, 6.45) is 0. The first kappa shape index (κ1) is 15.9. The van der Waals surface area contributed by atoms with Gasteiger partial charge in [-0.05, 0) is 34.1 Å². The van der Waals surface area contributed by atoms with Crippen molar-refractivity contribution >= 4 is 33.6 Å². The van der Waals surface area contributed by atoms with Gasteiger partial charge in [-0.2, -0.15) is 5.26 Å². The second kappa shape index (κ2) is 7.47. The van der Waals surface area contributed by atoms with Crippen LogP contribution in [0, 0.1) is 11.3 Å². The van der Waals surface area contributed by atoms with Crippen molar-refractivity contribution < 1.29 is 19.4 Å². The zero-order valence-corrected chi connectivity index (χ0v) is 12.1. The van der Waals surface area contributed by atoms with Crippen molar-refractivity contribution in [3.05, 3.63) is 28.2 Å². The van der Waals surface area contributed by atoms with E-state index in [0.29, 0.717) is 15.7 Å². The molecule has 0 radical (unpaired) electrons. The average Bonchev–Trinajstić information content (AvgIpc) is 2.40. The third kappa shape index (κ3) is 4.53. The highest BCUT2D eigenvalue weighted by Crippen LogP contribution is 2.23. The third-order valence-electron chi connectivity index (χ3n) is 2.28. The lowest BCUT2D eigenvalue weighted by Crippen LogP contribution is -2.45. The molecule has 0 bridgehead atoms. The molecule has 0 aliphatic heterocycles. The zero-order chi connectivity index (χ0) is 15.1. The maximum atomic E-state index is 11.7. The van der Waals surface area contributed by atoms with E-state index in [4.69, 9.17) is 15.1 Å². The molecule has 1 aromatic rings. The number of carbonyl (C=O) groups excluding carboxylic acids is 1. The number of amides is 2. The summed E-state index contributed by atoms with van der Waals surface area (Å²) in [6, 6.07) is 4.75. The Morgan fingerprint density at radius 1 is 1.55 bits per heavy atom. The summed E-state index contributed by atoms with van der Waals surface area (Å²) < 4.78 is 5.22. The molecule has 1 atom stereocenters. The van der Waals surface area contributed by atoms with Crippen LogP contribution in [0.4, 0.5) is 10.5 Å². The fraction of sp³-hybridized carbons (Fsp3) is 0.250. The number of carboxylic acids is 1. The van der Waals surface area contributed by atoms with E-state index < -0.39 is 18.0 Å². The van der Waals surface area contributed by atoms with Crippen molar-refractivity contribution in [2.45, 2.75) is 6.04 Å². The fourth-order valence-electron chi connectivity index (χ4n) is 1.34. The molecule has 7 nitrogen and oxygen atoms in total. The molecule has 1 unspecified atom stereocenters. The van der Waals surface area contributed by atoms with Crippen LogP contribution in [-0.4, -0.2) is 36.9 Å². The largest absolute Gasteiger partial charge is 0.480 e. The number of nitrogens with one attached hydrogen (secondary N) is 2. The molecule has 8 heteroatoms. The summed E-state index contributed by atoms with van der Waals surface area (Å²) in [4.78, 5) is 22.5. The van der Waals surface area contributed by atoms with Gasteiger partial charge in [0.1, 0.15) is 0 Å². The van der Waals surface area contributed by atoms with Crippen LogP contribution in [0.2, 0.25) is 0 Å². The number of carbonyl (C=O) groups is 2. The molecule has 0 aliphatic carbocycles. The van der Waals surface area contributed by atoms with Crippen LogP contribution in [0.15, 0.2) is 22.7 Å². The van der Waals surface area contributed by atoms with E-state index in [2.05, 4.69) is 26.6 Å². The fourth-order valence-corrected chi connectivity index (χ4v) is 1.82. The molecule has 20 heavy (non-hydrogen) atoms. The summed E-state index contributed by atoms with van der Waals surface area (Å²) in [5.41, 5.74) is 0.855. The SMILES string of the molecule is COCC(NC(=O)Nc1ccc(C#N)cc1Br)C(=O)O. The molecule has 0 saturated carbocycles. The Morgan fingerprint density at radius 3 is 2.75 bits per heavy atom. The number of anilines is 1. The lowest BCUT2D eigenvalue weighted by molar-refractivity contribution is -0.140. The van der Waals surface area contributed by atoms with Gasteiger partial charge in [-0.25, -0.2) is 9.59 Å². The summed E-state index contributed by atoms with van der Waals surface area (Å²) in [5.74, 6) is -1.19. The van der Waals surface area contributed by atoms with Gasteiger partial charge >= 0.3 is 12.0 Å². The molecule has 0 saturated heterocycles. The number of urea groups is 1. The number of ether oxygens (including phenoxy) is 1. The highest BCUT2D eigenvalue weighted by Gasteiger charge is 2.19. The van der Waals surface area contributed by atoms with Crippen molar-refractivity contribution in [3.8, 4) is 6.07 Å². The molecular weight excluding hydrogens is 330 g/mol. The Hall–Kier alpha value is -2.11. The molecule has 0 fully saturated rings. The van der Waals surface area contributed by atoms with E-state index in [9.17, 15) is 9.59 Å². The van der Waals surface area contributed by atoms with Crippen molar-refractivity contribution in [1.82, 2.24) is 5.32 Å². The number of halogens is 1. The van der Waals surface area contributed by atoms with Gasteiger partial charge in [-0.1, -0.05) is 0 Å². The second-order valence-corrected chi connectivity index (χ2v) is 4.61. The number of hydrogen-bond donors (Lipinski definition) is 3. The minimum absolute atomic E-state index is 0.142. The third-order valence-corrected chi connectivity index (χ3v) is 2.94. The Bertz CT molecular complexity index is 556. The molecule has 2 amide bonds. The summed E-state index contributed by atoms with van der Waals surface area (Å²) >= 11 is 3.21. The number of rotatable bonds is 5. The van der Waals surface area contributed by atoms with Crippen molar-refractivity contribution in [2.24, 2.45) is 0 Å². The quantitative estimate of drug-likeness (QED) is 0.752.